The largest absolute Gasteiger partial charge is 0.383 e. The molecule has 0 radical (unpaired) electrons. The lowest BCUT2D eigenvalue weighted by Gasteiger charge is -2.11. The van der Waals surface area contributed by atoms with Crippen molar-refractivity contribution in [3.8, 4) is 0 Å². The molecule has 1 aromatic carbocycles. The number of pyridine rings is 1. The summed E-state index contributed by atoms with van der Waals surface area (Å²) in [6.45, 7) is 4.05. The molecule has 0 fully saturated rings. The van der Waals surface area contributed by atoms with Gasteiger partial charge >= 0.3 is 0 Å². The number of primary amides is 1. The zero-order valence-electron chi connectivity index (χ0n) is 11.9. The number of aryl methyl sites for hydroxylation is 1. The molecule has 2 aromatic rings. The van der Waals surface area contributed by atoms with Crippen LogP contribution in [0.25, 0.3) is 10.9 Å². The minimum absolute atomic E-state index is 0.291. The van der Waals surface area contributed by atoms with Crippen LogP contribution in [0.4, 0.5) is 5.69 Å². The molecular formula is C15H19ClN4O. The number of nitrogens with two attached hydrogens (primary N) is 1. The first-order valence-corrected chi connectivity index (χ1v) is 7.24. The molecule has 0 aliphatic rings. The molecule has 0 spiro atoms. The summed E-state index contributed by atoms with van der Waals surface area (Å²) in [7, 11) is 0. The number of amides is 1. The van der Waals surface area contributed by atoms with Gasteiger partial charge in [-0.15, -0.1) is 0 Å². The molecule has 1 amide bonds. The van der Waals surface area contributed by atoms with Crippen molar-refractivity contribution in [1.29, 1.82) is 0 Å². The molecule has 0 bridgehead atoms. The summed E-state index contributed by atoms with van der Waals surface area (Å²) in [4.78, 5) is 15.1. The van der Waals surface area contributed by atoms with Gasteiger partial charge in [-0.05, 0) is 31.2 Å². The first-order chi connectivity index (χ1) is 10.1. The van der Waals surface area contributed by atoms with E-state index in [1.165, 1.54) is 0 Å². The van der Waals surface area contributed by atoms with Gasteiger partial charge in [-0.25, -0.2) is 0 Å². The SMILES string of the molecule is Cc1cc(NCCNCCC(N)=O)c2cc(Cl)ccc2n1. The molecule has 0 aliphatic heterocycles. The molecule has 0 saturated heterocycles. The predicted octanol–water partition coefficient (Wildman–Crippen LogP) is 2.07. The number of carbonyl (C=O) groups is 1. The number of nitrogens with zero attached hydrogens (tertiary/aromatic N) is 1. The summed E-state index contributed by atoms with van der Waals surface area (Å²) in [5.41, 5.74) is 7.96. The van der Waals surface area contributed by atoms with E-state index < -0.39 is 0 Å². The molecule has 4 N–H and O–H groups in total. The zero-order chi connectivity index (χ0) is 15.2. The van der Waals surface area contributed by atoms with E-state index in [1.54, 1.807) is 0 Å². The molecule has 21 heavy (non-hydrogen) atoms. The molecule has 0 atom stereocenters. The number of nitrogens with one attached hydrogen (secondary N) is 2. The highest BCUT2D eigenvalue weighted by molar-refractivity contribution is 6.31. The van der Waals surface area contributed by atoms with E-state index in [-0.39, 0.29) is 5.91 Å². The van der Waals surface area contributed by atoms with E-state index in [2.05, 4.69) is 15.6 Å². The maximum atomic E-state index is 10.6. The van der Waals surface area contributed by atoms with Crippen LogP contribution in [-0.4, -0.2) is 30.5 Å². The average molecular weight is 307 g/mol. The van der Waals surface area contributed by atoms with Crippen molar-refractivity contribution in [3.63, 3.8) is 0 Å². The fourth-order valence-corrected chi connectivity index (χ4v) is 2.27. The second kappa shape index (κ2) is 7.24. The second-order valence-electron chi connectivity index (χ2n) is 4.87. The number of hydrogen-bond donors (Lipinski definition) is 3. The molecule has 0 saturated carbocycles. The number of anilines is 1. The van der Waals surface area contributed by atoms with E-state index in [0.717, 1.165) is 35.4 Å². The Morgan fingerprint density at radius 1 is 1.29 bits per heavy atom. The highest BCUT2D eigenvalue weighted by Gasteiger charge is 2.04. The van der Waals surface area contributed by atoms with Gasteiger partial charge < -0.3 is 16.4 Å². The number of aromatic nitrogens is 1. The van der Waals surface area contributed by atoms with Gasteiger partial charge in [-0.2, -0.15) is 0 Å². The Kier molecular flexibility index (Phi) is 5.36. The number of halogens is 1. The monoisotopic (exact) mass is 306 g/mol. The van der Waals surface area contributed by atoms with Gasteiger partial charge in [0, 0.05) is 47.8 Å². The Balaban J connectivity index is 1.98. The van der Waals surface area contributed by atoms with Gasteiger partial charge in [0.15, 0.2) is 0 Å². The number of hydrogen-bond acceptors (Lipinski definition) is 4. The van der Waals surface area contributed by atoms with Crippen LogP contribution in [0.1, 0.15) is 12.1 Å². The van der Waals surface area contributed by atoms with Gasteiger partial charge in [0.25, 0.3) is 0 Å². The Bertz CT molecular complexity index is 645. The topological polar surface area (TPSA) is 80.0 Å². The van der Waals surface area contributed by atoms with E-state index in [0.29, 0.717) is 18.0 Å². The van der Waals surface area contributed by atoms with Crippen molar-refractivity contribution in [2.75, 3.05) is 25.0 Å². The smallest absolute Gasteiger partial charge is 0.218 e. The van der Waals surface area contributed by atoms with E-state index in [1.807, 2.05) is 31.2 Å². The standard InChI is InChI=1S/C15H19ClN4O/c1-10-8-14(19-7-6-18-5-4-15(17)21)12-9-11(16)2-3-13(12)20-10/h2-3,8-9,18H,4-7H2,1H3,(H2,17,21)(H,19,20). The van der Waals surface area contributed by atoms with E-state index >= 15 is 0 Å². The lowest BCUT2D eigenvalue weighted by molar-refractivity contribution is -0.117. The number of fused-ring (bicyclic) bond motifs is 1. The summed E-state index contributed by atoms with van der Waals surface area (Å²) in [5.74, 6) is -0.291. The molecule has 112 valence electrons. The van der Waals surface area contributed by atoms with Crippen molar-refractivity contribution >= 4 is 34.1 Å². The Labute approximate surface area is 128 Å². The quantitative estimate of drug-likeness (QED) is 0.684. The fourth-order valence-electron chi connectivity index (χ4n) is 2.10. The predicted molar refractivity (Wildman–Crippen MR) is 86.7 cm³/mol. The fraction of sp³-hybridized carbons (Fsp3) is 0.333. The molecular weight excluding hydrogens is 288 g/mol. The third-order valence-electron chi connectivity index (χ3n) is 3.06. The second-order valence-corrected chi connectivity index (χ2v) is 5.30. The van der Waals surface area contributed by atoms with Crippen molar-refractivity contribution < 1.29 is 4.79 Å². The summed E-state index contributed by atoms with van der Waals surface area (Å²) < 4.78 is 0. The lowest BCUT2D eigenvalue weighted by atomic mass is 10.1. The van der Waals surface area contributed by atoms with Crippen LogP contribution in [0.5, 0.6) is 0 Å². The third kappa shape index (κ3) is 4.58. The van der Waals surface area contributed by atoms with Crippen LogP contribution in [-0.2, 0) is 4.79 Å². The lowest BCUT2D eigenvalue weighted by Crippen LogP contribution is -2.26. The molecule has 0 unspecified atom stereocenters. The highest BCUT2D eigenvalue weighted by atomic mass is 35.5. The van der Waals surface area contributed by atoms with Crippen LogP contribution >= 0.6 is 11.6 Å². The van der Waals surface area contributed by atoms with Crippen LogP contribution in [0.3, 0.4) is 0 Å². The molecule has 1 aromatic heterocycles. The van der Waals surface area contributed by atoms with Gasteiger partial charge in [-0.1, -0.05) is 11.6 Å². The van der Waals surface area contributed by atoms with Crippen molar-refractivity contribution in [1.82, 2.24) is 10.3 Å². The molecule has 1 heterocycles. The van der Waals surface area contributed by atoms with Gasteiger partial charge in [0.05, 0.1) is 5.52 Å². The summed E-state index contributed by atoms with van der Waals surface area (Å²) in [5, 5.41) is 8.22. The minimum Gasteiger partial charge on any atom is -0.383 e. The Hall–Kier alpha value is -1.85. The molecule has 2 rings (SSSR count). The number of carbonyl (C=O) groups excluding carboxylic acids is 1. The molecule has 0 aliphatic carbocycles. The van der Waals surface area contributed by atoms with Crippen LogP contribution in [0.15, 0.2) is 24.3 Å². The highest BCUT2D eigenvalue weighted by Crippen LogP contribution is 2.25. The van der Waals surface area contributed by atoms with Crippen molar-refractivity contribution in [2.24, 2.45) is 5.73 Å². The summed E-state index contributed by atoms with van der Waals surface area (Å²) in [6.07, 6.45) is 0.354. The number of rotatable bonds is 7. The first kappa shape index (κ1) is 15.5. The Morgan fingerprint density at radius 3 is 2.86 bits per heavy atom. The Morgan fingerprint density at radius 2 is 2.10 bits per heavy atom. The van der Waals surface area contributed by atoms with Crippen LogP contribution in [0.2, 0.25) is 5.02 Å². The van der Waals surface area contributed by atoms with Crippen molar-refractivity contribution in [2.45, 2.75) is 13.3 Å². The maximum Gasteiger partial charge on any atom is 0.218 e. The molecule has 6 heteroatoms. The summed E-state index contributed by atoms with van der Waals surface area (Å²) in [6, 6.07) is 7.67. The first-order valence-electron chi connectivity index (χ1n) is 6.86. The van der Waals surface area contributed by atoms with Crippen molar-refractivity contribution in [3.05, 3.63) is 35.0 Å². The summed E-state index contributed by atoms with van der Waals surface area (Å²) >= 11 is 6.05. The maximum absolute atomic E-state index is 10.6. The molecule has 5 nitrogen and oxygen atoms in total. The van der Waals surface area contributed by atoms with Gasteiger partial charge in [0.1, 0.15) is 0 Å². The number of benzene rings is 1. The van der Waals surface area contributed by atoms with E-state index in [9.17, 15) is 4.79 Å². The average Bonchev–Trinajstić information content (AvgIpc) is 2.42. The zero-order valence-corrected chi connectivity index (χ0v) is 12.7. The third-order valence-corrected chi connectivity index (χ3v) is 3.30. The van der Waals surface area contributed by atoms with Gasteiger partial charge in [-0.3, -0.25) is 9.78 Å². The van der Waals surface area contributed by atoms with E-state index in [4.69, 9.17) is 17.3 Å². The normalized spacial score (nSPS) is 10.8. The van der Waals surface area contributed by atoms with Crippen LogP contribution < -0.4 is 16.4 Å². The van der Waals surface area contributed by atoms with Gasteiger partial charge in [0.2, 0.25) is 5.91 Å². The van der Waals surface area contributed by atoms with Crippen LogP contribution in [0, 0.1) is 6.92 Å². The minimum atomic E-state index is -0.291.